The summed E-state index contributed by atoms with van der Waals surface area (Å²) in [6, 6.07) is 4.26. The average Bonchev–Trinajstić information content (AvgIpc) is 2.52. The van der Waals surface area contributed by atoms with Crippen LogP contribution in [0.2, 0.25) is 5.02 Å². The number of nitrogens with one attached hydrogen (secondary N) is 4. The van der Waals surface area contributed by atoms with Crippen LogP contribution < -0.4 is 21.3 Å². The molecule has 0 atom stereocenters. The summed E-state index contributed by atoms with van der Waals surface area (Å²) in [5.74, 6) is -0.731. The SMILES string of the molecule is CCNC(=O)NC(=O)CNc1ccc(C(=O)NC(C)(C)CC)c(Cl)c1. The van der Waals surface area contributed by atoms with Gasteiger partial charge in [0.1, 0.15) is 0 Å². The van der Waals surface area contributed by atoms with Crippen molar-refractivity contribution in [2.24, 2.45) is 0 Å². The van der Waals surface area contributed by atoms with Crippen molar-refractivity contribution in [3.8, 4) is 0 Å². The molecule has 25 heavy (non-hydrogen) atoms. The van der Waals surface area contributed by atoms with E-state index in [2.05, 4.69) is 21.3 Å². The van der Waals surface area contributed by atoms with Crippen molar-refractivity contribution < 1.29 is 14.4 Å². The largest absolute Gasteiger partial charge is 0.376 e. The number of urea groups is 1. The van der Waals surface area contributed by atoms with Crippen LogP contribution in [0, 0.1) is 0 Å². The topological polar surface area (TPSA) is 99.3 Å². The number of hydrogen-bond acceptors (Lipinski definition) is 4. The maximum Gasteiger partial charge on any atom is 0.321 e. The number of imide groups is 1. The molecule has 0 aliphatic rings. The van der Waals surface area contributed by atoms with E-state index in [-0.39, 0.29) is 23.0 Å². The van der Waals surface area contributed by atoms with E-state index >= 15 is 0 Å². The van der Waals surface area contributed by atoms with E-state index in [0.29, 0.717) is 17.8 Å². The second-order valence-corrected chi connectivity index (χ2v) is 6.55. The van der Waals surface area contributed by atoms with Crippen LogP contribution in [0.15, 0.2) is 18.2 Å². The number of anilines is 1. The zero-order chi connectivity index (χ0) is 19.0. The Morgan fingerprint density at radius 3 is 2.40 bits per heavy atom. The Labute approximate surface area is 152 Å². The van der Waals surface area contributed by atoms with Crippen LogP contribution in [0.4, 0.5) is 10.5 Å². The number of carbonyl (C=O) groups is 3. The maximum atomic E-state index is 12.3. The molecule has 1 aromatic carbocycles. The molecule has 0 spiro atoms. The molecule has 0 radical (unpaired) electrons. The lowest BCUT2D eigenvalue weighted by atomic mass is 10.0. The molecule has 7 nitrogen and oxygen atoms in total. The van der Waals surface area contributed by atoms with Gasteiger partial charge in [-0.25, -0.2) is 4.79 Å². The van der Waals surface area contributed by atoms with Crippen LogP contribution in [0.3, 0.4) is 0 Å². The maximum absolute atomic E-state index is 12.3. The van der Waals surface area contributed by atoms with E-state index in [9.17, 15) is 14.4 Å². The van der Waals surface area contributed by atoms with Crippen molar-refractivity contribution in [2.45, 2.75) is 39.7 Å². The Bertz CT molecular complexity index is 647. The fourth-order valence-corrected chi connectivity index (χ4v) is 2.10. The summed E-state index contributed by atoms with van der Waals surface area (Å²) in [7, 11) is 0. The predicted octanol–water partition coefficient (Wildman–Crippen LogP) is 2.52. The van der Waals surface area contributed by atoms with Gasteiger partial charge in [-0.2, -0.15) is 0 Å². The quantitative estimate of drug-likeness (QED) is 0.594. The molecule has 0 aliphatic carbocycles. The van der Waals surface area contributed by atoms with Crippen molar-refractivity contribution in [3.05, 3.63) is 28.8 Å². The fourth-order valence-electron chi connectivity index (χ4n) is 1.83. The van der Waals surface area contributed by atoms with Crippen molar-refractivity contribution in [2.75, 3.05) is 18.4 Å². The summed E-state index contributed by atoms with van der Waals surface area (Å²) in [5, 5.41) is 10.7. The van der Waals surface area contributed by atoms with Gasteiger partial charge in [0, 0.05) is 17.8 Å². The summed E-state index contributed by atoms with van der Waals surface area (Å²) in [6.45, 7) is 7.94. The van der Waals surface area contributed by atoms with Gasteiger partial charge < -0.3 is 16.0 Å². The Kier molecular flexibility index (Phi) is 7.70. The van der Waals surface area contributed by atoms with Gasteiger partial charge in [0.25, 0.3) is 5.91 Å². The molecule has 0 fully saturated rings. The number of halogens is 1. The highest BCUT2D eigenvalue weighted by Gasteiger charge is 2.20. The van der Waals surface area contributed by atoms with Gasteiger partial charge in [-0.1, -0.05) is 18.5 Å². The molecule has 0 aliphatic heterocycles. The van der Waals surface area contributed by atoms with Crippen LogP contribution in [-0.4, -0.2) is 36.5 Å². The molecule has 0 saturated carbocycles. The van der Waals surface area contributed by atoms with Crippen LogP contribution in [0.5, 0.6) is 0 Å². The molecule has 0 saturated heterocycles. The summed E-state index contributed by atoms with van der Waals surface area (Å²) >= 11 is 6.17. The molecular formula is C17H25ClN4O3. The normalized spacial score (nSPS) is 10.8. The lowest BCUT2D eigenvalue weighted by Gasteiger charge is -2.24. The van der Waals surface area contributed by atoms with E-state index < -0.39 is 11.9 Å². The first-order valence-electron chi connectivity index (χ1n) is 8.12. The molecule has 0 heterocycles. The third-order valence-corrected chi connectivity index (χ3v) is 3.91. The van der Waals surface area contributed by atoms with E-state index in [1.165, 1.54) is 0 Å². The first kappa shape index (κ1) is 20.8. The third-order valence-electron chi connectivity index (χ3n) is 3.59. The van der Waals surface area contributed by atoms with Gasteiger partial charge in [0.2, 0.25) is 5.91 Å². The second kappa shape index (κ2) is 9.27. The van der Waals surface area contributed by atoms with Gasteiger partial charge in [-0.3, -0.25) is 14.9 Å². The monoisotopic (exact) mass is 368 g/mol. The Hall–Kier alpha value is -2.28. The minimum atomic E-state index is -0.544. The predicted molar refractivity (Wildman–Crippen MR) is 99.0 cm³/mol. The van der Waals surface area contributed by atoms with Gasteiger partial charge in [0.15, 0.2) is 0 Å². The first-order chi connectivity index (χ1) is 11.7. The Balaban J connectivity index is 2.65. The van der Waals surface area contributed by atoms with Crippen molar-refractivity contribution in [1.82, 2.24) is 16.0 Å². The lowest BCUT2D eigenvalue weighted by molar-refractivity contribution is -0.118. The van der Waals surface area contributed by atoms with Crippen LogP contribution in [0.1, 0.15) is 44.5 Å². The van der Waals surface area contributed by atoms with E-state index in [0.717, 1.165) is 6.42 Å². The highest BCUT2D eigenvalue weighted by molar-refractivity contribution is 6.34. The Morgan fingerprint density at radius 1 is 1.16 bits per heavy atom. The minimum Gasteiger partial charge on any atom is -0.376 e. The highest BCUT2D eigenvalue weighted by Crippen LogP contribution is 2.22. The van der Waals surface area contributed by atoms with Gasteiger partial charge >= 0.3 is 6.03 Å². The fraction of sp³-hybridized carbons (Fsp3) is 0.471. The Morgan fingerprint density at radius 2 is 1.84 bits per heavy atom. The number of carbonyl (C=O) groups excluding carboxylic acids is 3. The van der Waals surface area contributed by atoms with E-state index in [4.69, 9.17) is 11.6 Å². The van der Waals surface area contributed by atoms with Crippen molar-refractivity contribution >= 4 is 35.1 Å². The summed E-state index contributed by atoms with van der Waals surface area (Å²) in [4.78, 5) is 35.1. The molecule has 8 heteroatoms. The molecule has 4 N–H and O–H groups in total. The summed E-state index contributed by atoms with van der Waals surface area (Å²) in [5.41, 5.74) is 0.608. The second-order valence-electron chi connectivity index (χ2n) is 6.15. The third kappa shape index (κ3) is 7.01. The molecule has 1 rings (SSSR count). The smallest absolute Gasteiger partial charge is 0.321 e. The van der Waals surface area contributed by atoms with Crippen LogP contribution >= 0.6 is 11.6 Å². The molecule has 0 aromatic heterocycles. The van der Waals surface area contributed by atoms with Crippen molar-refractivity contribution in [3.63, 3.8) is 0 Å². The number of hydrogen-bond donors (Lipinski definition) is 4. The number of benzene rings is 1. The minimum absolute atomic E-state index is 0.0954. The summed E-state index contributed by atoms with van der Waals surface area (Å²) < 4.78 is 0. The van der Waals surface area contributed by atoms with E-state index in [1.807, 2.05) is 20.8 Å². The van der Waals surface area contributed by atoms with Gasteiger partial charge in [0.05, 0.1) is 17.1 Å². The molecule has 0 bridgehead atoms. The molecular weight excluding hydrogens is 344 g/mol. The molecule has 1 aromatic rings. The van der Waals surface area contributed by atoms with Crippen LogP contribution in [0.25, 0.3) is 0 Å². The summed E-state index contributed by atoms with van der Waals surface area (Å²) in [6.07, 6.45) is 0.788. The highest BCUT2D eigenvalue weighted by atomic mass is 35.5. The molecule has 0 unspecified atom stereocenters. The average molecular weight is 369 g/mol. The standard InChI is InChI=1S/C17H25ClN4O3/c1-5-17(3,4)22-15(24)12-8-7-11(9-13(12)18)20-10-14(23)21-16(25)19-6-2/h7-9,20H,5-6,10H2,1-4H3,(H,22,24)(H2,19,21,23,25). The van der Waals surface area contributed by atoms with Gasteiger partial charge in [-0.15, -0.1) is 0 Å². The lowest BCUT2D eigenvalue weighted by Crippen LogP contribution is -2.42. The van der Waals surface area contributed by atoms with E-state index in [1.54, 1.807) is 25.1 Å². The number of amides is 4. The zero-order valence-corrected chi connectivity index (χ0v) is 15.7. The van der Waals surface area contributed by atoms with Gasteiger partial charge in [-0.05, 0) is 45.4 Å². The number of rotatable bonds is 7. The zero-order valence-electron chi connectivity index (χ0n) is 15.0. The van der Waals surface area contributed by atoms with Crippen LogP contribution in [-0.2, 0) is 4.79 Å². The van der Waals surface area contributed by atoms with Crippen molar-refractivity contribution in [1.29, 1.82) is 0 Å². The molecule has 138 valence electrons. The first-order valence-corrected chi connectivity index (χ1v) is 8.50. The molecule has 4 amide bonds.